The summed E-state index contributed by atoms with van der Waals surface area (Å²) in [6.07, 6.45) is 0.927. The second-order valence-electron chi connectivity index (χ2n) is 3.17. The zero-order valence-electron chi connectivity index (χ0n) is 8.48. The highest BCUT2D eigenvalue weighted by Crippen LogP contribution is 2.17. The minimum Gasteiger partial charge on any atom is -0.385 e. The number of ether oxygens (including phenoxy) is 1. The van der Waals surface area contributed by atoms with E-state index in [1.54, 1.807) is 18.9 Å². The van der Waals surface area contributed by atoms with Crippen molar-refractivity contribution in [3.8, 4) is 0 Å². The molecule has 0 heterocycles. The summed E-state index contributed by atoms with van der Waals surface area (Å²) in [5.74, 6) is 0.952. The zero-order valence-corrected chi connectivity index (χ0v) is 9.30. The topological polar surface area (TPSA) is 35.2 Å². The first-order chi connectivity index (χ1) is 6.83. The van der Waals surface area contributed by atoms with E-state index in [9.17, 15) is 0 Å². The zero-order chi connectivity index (χ0) is 10.2. The Bertz CT molecular complexity index is 240. The fraction of sp³-hybridized carbons (Fsp3) is 0.455. The molecule has 0 bridgehead atoms. The minimum absolute atomic E-state index is 0.222. The summed E-state index contributed by atoms with van der Waals surface area (Å²) in [6.45, 7) is 0.747. The number of hydrogen-bond donors (Lipinski definition) is 1. The summed E-state index contributed by atoms with van der Waals surface area (Å²) in [4.78, 5) is 1.28. The fourth-order valence-electron chi connectivity index (χ4n) is 1.07. The fourth-order valence-corrected chi connectivity index (χ4v) is 2.00. The van der Waals surface area contributed by atoms with E-state index in [0.29, 0.717) is 0 Å². The van der Waals surface area contributed by atoms with Crippen molar-refractivity contribution in [2.24, 2.45) is 5.73 Å². The maximum absolute atomic E-state index is 5.91. The van der Waals surface area contributed by atoms with E-state index in [0.717, 1.165) is 18.8 Å². The molecule has 14 heavy (non-hydrogen) atoms. The standard InChI is InChI=1S/C11H17NOS/c1-13-8-7-10(12)9-14-11-5-3-2-4-6-11/h2-6,10H,7-9,12H2,1H3/t10-/m1/s1. The van der Waals surface area contributed by atoms with Crippen molar-refractivity contribution in [2.75, 3.05) is 19.5 Å². The van der Waals surface area contributed by atoms with E-state index in [4.69, 9.17) is 10.5 Å². The van der Waals surface area contributed by atoms with E-state index in [2.05, 4.69) is 12.1 Å². The van der Waals surface area contributed by atoms with Crippen LogP contribution in [0.25, 0.3) is 0 Å². The Labute approximate surface area is 89.8 Å². The Morgan fingerprint density at radius 2 is 2.07 bits per heavy atom. The molecule has 0 fully saturated rings. The van der Waals surface area contributed by atoms with Gasteiger partial charge in [-0.1, -0.05) is 18.2 Å². The van der Waals surface area contributed by atoms with Gasteiger partial charge in [0.2, 0.25) is 0 Å². The number of rotatable bonds is 6. The van der Waals surface area contributed by atoms with Gasteiger partial charge >= 0.3 is 0 Å². The molecule has 0 saturated heterocycles. The van der Waals surface area contributed by atoms with Crippen LogP contribution in [-0.4, -0.2) is 25.5 Å². The second-order valence-corrected chi connectivity index (χ2v) is 4.26. The van der Waals surface area contributed by atoms with Crippen molar-refractivity contribution < 1.29 is 4.74 Å². The Kier molecular flexibility index (Phi) is 5.68. The first-order valence-electron chi connectivity index (χ1n) is 4.75. The maximum Gasteiger partial charge on any atom is 0.0477 e. The number of nitrogens with two attached hydrogens (primary N) is 1. The lowest BCUT2D eigenvalue weighted by Crippen LogP contribution is -2.24. The Morgan fingerprint density at radius 3 is 2.71 bits per heavy atom. The normalized spacial score (nSPS) is 12.7. The molecule has 0 amide bonds. The first kappa shape index (κ1) is 11.6. The van der Waals surface area contributed by atoms with Gasteiger partial charge in [-0.05, 0) is 18.6 Å². The smallest absolute Gasteiger partial charge is 0.0477 e. The molecule has 1 aromatic carbocycles. The third-order valence-electron chi connectivity index (χ3n) is 1.90. The van der Waals surface area contributed by atoms with Gasteiger partial charge in [0.1, 0.15) is 0 Å². The second kappa shape index (κ2) is 6.87. The summed E-state index contributed by atoms with van der Waals surface area (Å²) >= 11 is 1.80. The summed E-state index contributed by atoms with van der Waals surface area (Å²) in [7, 11) is 1.71. The molecule has 0 aliphatic heterocycles. The molecule has 3 heteroatoms. The van der Waals surface area contributed by atoms with Crippen molar-refractivity contribution in [1.29, 1.82) is 0 Å². The third-order valence-corrected chi connectivity index (χ3v) is 3.10. The summed E-state index contributed by atoms with van der Waals surface area (Å²) in [5.41, 5.74) is 5.91. The lowest BCUT2D eigenvalue weighted by molar-refractivity contribution is 0.190. The molecular weight excluding hydrogens is 194 g/mol. The monoisotopic (exact) mass is 211 g/mol. The number of hydrogen-bond acceptors (Lipinski definition) is 3. The van der Waals surface area contributed by atoms with Crippen molar-refractivity contribution >= 4 is 11.8 Å². The van der Waals surface area contributed by atoms with Crippen LogP contribution < -0.4 is 5.73 Å². The molecule has 1 aromatic rings. The predicted octanol–water partition coefficient (Wildman–Crippen LogP) is 2.14. The van der Waals surface area contributed by atoms with Gasteiger partial charge in [0.15, 0.2) is 0 Å². The lowest BCUT2D eigenvalue weighted by atomic mass is 10.3. The quantitative estimate of drug-likeness (QED) is 0.732. The molecule has 0 spiro atoms. The number of thioether (sulfide) groups is 1. The molecule has 0 unspecified atom stereocenters. The average molecular weight is 211 g/mol. The summed E-state index contributed by atoms with van der Waals surface area (Å²) in [5, 5.41) is 0. The summed E-state index contributed by atoms with van der Waals surface area (Å²) < 4.78 is 4.98. The van der Waals surface area contributed by atoms with Crippen molar-refractivity contribution in [1.82, 2.24) is 0 Å². The Balaban J connectivity index is 2.20. The summed E-state index contributed by atoms with van der Waals surface area (Å²) in [6, 6.07) is 10.5. The van der Waals surface area contributed by atoms with Gasteiger partial charge < -0.3 is 10.5 Å². The molecular formula is C11H17NOS. The van der Waals surface area contributed by atoms with Gasteiger partial charge in [-0.15, -0.1) is 11.8 Å². The van der Waals surface area contributed by atoms with E-state index < -0.39 is 0 Å². The molecule has 0 aliphatic rings. The molecule has 0 radical (unpaired) electrons. The molecule has 1 atom stereocenters. The van der Waals surface area contributed by atoms with Crippen LogP contribution in [0.5, 0.6) is 0 Å². The third kappa shape index (κ3) is 4.65. The number of benzene rings is 1. The van der Waals surface area contributed by atoms with Gasteiger partial charge in [0, 0.05) is 30.4 Å². The molecule has 0 aromatic heterocycles. The van der Waals surface area contributed by atoms with E-state index >= 15 is 0 Å². The van der Waals surface area contributed by atoms with Crippen LogP contribution >= 0.6 is 11.8 Å². The van der Waals surface area contributed by atoms with Crippen LogP contribution in [0.2, 0.25) is 0 Å². The van der Waals surface area contributed by atoms with Crippen LogP contribution in [0, 0.1) is 0 Å². The SMILES string of the molecule is COCC[C@@H](N)CSc1ccccc1. The minimum atomic E-state index is 0.222. The van der Waals surface area contributed by atoms with Gasteiger partial charge in [-0.3, -0.25) is 0 Å². The van der Waals surface area contributed by atoms with E-state index in [1.165, 1.54) is 4.90 Å². The van der Waals surface area contributed by atoms with Crippen molar-refractivity contribution in [2.45, 2.75) is 17.4 Å². The number of methoxy groups -OCH3 is 1. The van der Waals surface area contributed by atoms with E-state index in [-0.39, 0.29) is 6.04 Å². The van der Waals surface area contributed by atoms with Crippen LogP contribution in [-0.2, 0) is 4.74 Å². The lowest BCUT2D eigenvalue weighted by Gasteiger charge is -2.09. The van der Waals surface area contributed by atoms with Crippen molar-refractivity contribution in [3.05, 3.63) is 30.3 Å². The highest BCUT2D eigenvalue weighted by atomic mass is 32.2. The highest BCUT2D eigenvalue weighted by Gasteiger charge is 2.02. The van der Waals surface area contributed by atoms with Gasteiger partial charge in [-0.25, -0.2) is 0 Å². The average Bonchev–Trinajstić information content (AvgIpc) is 2.25. The predicted molar refractivity (Wildman–Crippen MR) is 61.6 cm³/mol. The molecule has 0 aliphatic carbocycles. The van der Waals surface area contributed by atoms with Crippen LogP contribution in [0.4, 0.5) is 0 Å². The van der Waals surface area contributed by atoms with Crippen molar-refractivity contribution in [3.63, 3.8) is 0 Å². The van der Waals surface area contributed by atoms with Crippen LogP contribution in [0.3, 0.4) is 0 Å². The molecule has 2 nitrogen and oxygen atoms in total. The highest BCUT2D eigenvalue weighted by molar-refractivity contribution is 7.99. The first-order valence-corrected chi connectivity index (χ1v) is 5.74. The molecule has 1 rings (SSSR count). The van der Waals surface area contributed by atoms with E-state index in [1.807, 2.05) is 18.2 Å². The van der Waals surface area contributed by atoms with Gasteiger partial charge in [0.25, 0.3) is 0 Å². The molecule has 2 N–H and O–H groups in total. The largest absolute Gasteiger partial charge is 0.385 e. The van der Waals surface area contributed by atoms with Gasteiger partial charge in [-0.2, -0.15) is 0 Å². The van der Waals surface area contributed by atoms with Crippen LogP contribution in [0.1, 0.15) is 6.42 Å². The Morgan fingerprint density at radius 1 is 1.36 bits per heavy atom. The van der Waals surface area contributed by atoms with Gasteiger partial charge in [0.05, 0.1) is 0 Å². The Hall–Kier alpha value is -0.510. The van der Waals surface area contributed by atoms with Crippen LogP contribution in [0.15, 0.2) is 35.2 Å². The molecule has 78 valence electrons. The maximum atomic E-state index is 5.91. The molecule has 0 saturated carbocycles.